The molecule has 156 valence electrons. The Bertz CT molecular complexity index is 799. The molecular weight excluding hydrogens is 479 g/mol. The van der Waals surface area contributed by atoms with Gasteiger partial charge in [-0.05, 0) is 42.7 Å². The highest BCUT2D eigenvalue weighted by molar-refractivity contribution is 14.0. The minimum Gasteiger partial charge on any atom is -0.488 e. The van der Waals surface area contributed by atoms with E-state index in [9.17, 15) is 4.79 Å². The van der Waals surface area contributed by atoms with Gasteiger partial charge in [-0.15, -0.1) is 24.0 Å². The zero-order valence-corrected chi connectivity index (χ0v) is 19.2. The number of aliphatic imine (C=N–C) groups is 1. The first-order valence-electron chi connectivity index (χ1n) is 9.77. The second-order valence-corrected chi connectivity index (χ2v) is 6.83. The standard InChI is InChI=1S/C22H28N4O2.HI/c1-3-23-22(25-15-20-14-18-6-4-5-7-21(18)28-20)24-13-12-17-8-10-19(11-9-17)26-16(2)27;/h4-11,20H,3,12-15H2,1-2H3,(H,26,27)(H2,23,24,25);1H. The maximum atomic E-state index is 11.1. The van der Waals surface area contributed by atoms with Crippen LogP contribution >= 0.6 is 24.0 Å². The molecule has 0 saturated heterocycles. The average molecular weight is 508 g/mol. The van der Waals surface area contributed by atoms with Crippen LogP contribution in [-0.2, 0) is 17.6 Å². The van der Waals surface area contributed by atoms with E-state index in [1.807, 2.05) is 42.5 Å². The summed E-state index contributed by atoms with van der Waals surface area (Å²) in [5.74, 6) is 1.72. The smallest absolute Gasteiger partial charge is 0.221 e. The molecule has 1 amide bonds. The van der Waals surface area contributed by atoms with E-state index in [0.717, 1.165) is 43.3 Å². The van der Waals surface area contributed by atoms with Crippen LogP contribution in [0.5, 0.6) is 5.75 Å². The van der Waals surface area contributed by atoms with Gasteiger partial charge < -0.3 is 20.7 Å². The summed E-state index contributed by atoms with van der Waals surface area (Å²) in [7, 11) is 0. The van der Waals surface area contributed by atoms with Crippen molar-refractivity contribution >= 4 is 41.5 Å². The number of benzene rings is 2. The second-order valence-electron chi connectivity index (χ2n) is 6.83. The van der Waals surface area contributed by atoms with Gasteiger partial charge in [0.1, 0.15) is 11.9 Å². The van der Waals surface area contributed by atoms with Gasteiger partial charge in [0, 0.05) is 32.1 Å². The molecule has 0 aromatic heterocycles. The first-order valence-corrected chi connectivity index (χ1v) is 9.77. The van der Waals surface area contributed by atoms with Crippen molar-refractivity contribution in [1.82, 2.24) is 10.6 Å². The molecule has 1 atom stereocenters. The number of fused-ring (bicyclic) bond motifs is 1. The van der Waals surface area contributed by atoms with Gasteiger partial charge >= 0.3 is 0 Å². The summed E-state index contributed by atoms with van der Waals surface area (Å²) in [6, 6.07) is 16.1. The minimum atomic E-state index is -0.0600. The summed E-state index contributed by atoms with van der Waals surface area (Å²) < 4.78 is 5.96. The minimum absolute atomic E-state index is 0. The number of nitrogens with zero attached hydrogens (tertiary/aromatic N) is 1. The lowest BCUT2D eigenvalue weighted by Gasteiger charge is -2.13. The Kier molecular flexibility index (Phi) is 9.24. The van der Waals surface area contributed by atoms with Crippen LogP contribution in [0.25, 0.3) is 0 Å². The Hall–Kier alpha value is -2.29. The third kappa shape index (κ3) is 7.23. The summed E-state index contributed by atoms with van der Waals surface area (Å²) >= 11 is 0. The van der Waals surface area contributed by atoms with E-state index in [1.54, 1.807) is 0 Å². The number of carbonyl (C=O) groups excluding carboxylic acids is 1. The fraction of sp³-hybridized carbons (Fsp3) is 0.364. The predicted octanol–water partition coefficient (Wildman–Crippen LogP) is 3.36. The van der Waals surface area contributed by atoms with Crippen molar-refractivity contribution in [3.05, 3.63) is 59.7 Å². The van der Waals surface area contributed by atoms with Gasteiger partial charge in [0.25, 0.3) is 0 Å². The fourth-order valence-electron chi connectivity index (χ4n) is 3.17. The number of anilines is 1. The molecule has 0 spiro atoms. The first-order chi connectivity index (χ1) is 13.6. The summed E-state index contributed by atoms with van der Waals surface area (Å²) in [4.78, 5) is 15.8. The van der Waals surface area contributed by atoms with Crippen LogP contribution in [0.1, 0.15) is 25.0 Å². The number of nitrogens with one attached hydrogen (secondary N) is 3. The van der Waals surface area contributed by atoms with Crippen LogP contribution < -0.4 is 20.7 Å². The van der Waals surface area contributed by atoms with Gasteiger partial charge in [0.15, 0.2) is 5.96 Å². The van der Waals surface area contributed by atoms with Crippen molar-refractivity contribution in [2.45, 2.75) is 32.8 Å². The number of carbonyl (C=O) groups is 1. The van der Waals surface area contributed by atoms with Crippen molar-refractivity contribution in [2.75, 3.05) is 25.0 Å². The number of amides is 1. The van der Waals surface area contributed by atoms with Crippen molar-refractivity contribution in [1.29, 1.82) is 0 Å². The van der Waals surface area contributed by atoms with Gasteiger partial charge in [-0.1, -0.05) is 30.3 Å². The molecule has 3 rings (SSSR count). The highest BCUT2D eigenvalue weighted by Gasteiger charge is 2.21. The Balaban J connectivity index is 0.00000300. The molecule has 1 heterocycles. The van der Waals surface area contributed by atoms with E-state index in [2.05, 4.69) is 33.9 Å². The first kappa shape index (κ1) is 23.0. The van der Waals surface area contributed by atoms with E-state index >= 15 is 0 Å². The molecule has 6 nitrogen and oxygen atoms in total. The Morgan fingerprint density at radius 1 is 1.14 bits per heavy atom. The van der Waals surface area contributed by atoms with Crippen molar-refractivity contribution in [2.24, 2.45) is 4.99 Å². The molecule has 2 aromatic rings. The quantitative estimate of drug-likeness (QED) is 0.305. The Labute approximate surface area is 189 Å². The molecule has 0 radical (unpaired) electrons. The van der Waals surface area contributed by atoms with E-state index in [-0.39, 0.29) is 36.0 Å². The number of halogens is 1. The zero-order chi connectivity index (χ0) is 19.8. The van der Waals surface area contributed by atoms with Crippen LogP contribution in [-0.4, -0.2) is 37.6 Å². The SMILES string of the molecule is CCNC(=NCC1Cc2ccccc2O1)NCCc1ccc(NC(C)=O)cc1.I. The van der Waals surface area contributed by atoms with Crippen LogP contribution in [0.2, 0.25) is 0 Å². The third-order valence-corrected chi connectivity index (χ3v) is 4.49. The molecular formula is C22H29IN4O2. The van der Waals surface area contributed by atoms with Gasteiger partial charge in [-0.3, -0.25) is 4.79 Å². The zero-order valence-electron chi connectivity index (χ0n) is 16.9. The van der Waals surface area contributed by atoms with E-state index in [1.165, 1.54) is 18.1 Å². The normalized spacial score (nSPS) is 15.0. The lowest BCUT2D eigenvalue weighted by Crippen LogP contribution is -2.39. The molecule has 0 fully saturated rings. The lowest BCUT2D eigenvalue weighted by atomic mass is 10.1. The van der Waals surface area contributed by atoms with E-state index in [0.29, 0.717) is 6.54 Å². The number of rotatable bonds is 7. The van der Waals surface area contributed by atoms with Crippen LogP contribution in [0.15, 0.2) is 53.5 Å². The van der Waals surface area contributed by atoms with E-state index < -0.39 is 0 Å². The van der Waals surface area contributed by atoms with Crippen LogP contribution in [0.3, 0.4) is 0 Å². The summed E-state index contributed by atoms with van der Waals surface area (Å²) in [6.07, 6.45) is 1.87. The second kappa shape index (κ2) is 11.6. The highest BCUT2D eigenvalue weighted by atomic mass is 127. The summed E-state index contributed by atoms with van der Waals surface area (Å²) in [5, 5.41) is 9.43. The maximum absolute atomic E-state index is 11.1. The number of guanidine groups is 1. The molecule has 1 aliphatic heterocycles. The maximum Gasteiger partial charge on any atom is 0.221 e. The third-order valence-electron chi connectivity index (χ3n) is 4.49. The van der Waals surface area contributed by atoms with Crippen molar-refractivity contribution in [3.8, 4) is 5.75 Å². The number of hydrogen-bond donors (Lipinski definition) is 3. The lowest BCUT2D eigenvalue weighted by molar-refractivity contribution is -0.114. The Morgan fingerprint density at radius 2 is 1.90 bits per heavy atom. The van der Waals surface area contributed by atoms with Crippen molar-refractivity contribution < 1.29 is 9.53 Å². The molecule has 0 saturated carbocycles. The van der Waals surface area contributed by atoms with Gasteiger partial charge in [-0.25, -0.2) is 4.99 Å². The predicted molar refractivity (Wildman–Crippen MR) is 128 cm³/mol. The van der Waals surface area contributed by atoms with Crippen LogP contribution in [0.4, 0.5) is 5.69 Å². The highest BCUT2D eigenvalue weighted by Crippen LogP contribution is 2.28. The average Bonchev–Trinajstić information content (AvgIpc) is 3.10. The molecule has 0 aliphatic carbocycles. The molecule has 0 bridgehead atoms. The summed E-state index contributed by atoms with van der Waals surface area (Å²) in [6.45, 7) is 5.77. The molecule has 3 N–H and O–H groups in total. The fourth-order valence-corrected chi connectivity index (χ4v) is 3.17. The van der Waals surface area contributed by atoms with E-state index in [4.69, 9.17) is 4.74 Å². The monoisotopic (exact) mass is 508 g/mol. The summed E-state index contributed by atoms with van der Waals surface area (Å²) in [5.41, 5.74) is 3.27. The molecule has 29 heavy (non-hydrogen) atoms. The molecule has 7 heteroatoms. The van der Waals surface area contributed by atoms with Gasteiger partial charge in [0.05, 0.1) is 6.54 Å². The largest absolute Gasteiger partial charge is 0.488 e. The van der Waals surface area contributed by atoms with Gasteiger partial charge in [-0.2, -0.15) is 0 Å². The Morgan fingerprint density at radius 3 is 2.59 bits per heavy atom. The molecule has 1 unspecified atom stereocenters. The number of ether oxygens (including phenoxy) is 1. The van der Waals surface area contributed by atoms with Crippen molar-refractivity contribution in [3.63, 3.8) is 0 Å². The number of para-hydroxylation sites is 1. The topological polar surface area (TPSA) is 74.8 Å². The molecule has 2 aromatic carbocycles. The van der Waals surface area contributed by atoms with Gasteiger partial charge in [0.2, 0.25) is 5.91 Å². The molecule has 1 aliphatic rings. The number of hydrogen-bond acceptors (Lipinski definition) is 3. The van der Waals surface area contributed by atoms with Crippen LogP contribution in [0, 0.1) is 0 Å².